The summed E-state index contributed by atoms with van der Waals surface area (Å²) in [6.07, 6.45) is 3.95. The maximum Gasteiger partial charge on any atom is 0.251 e. The Morgan fingerprint density at radius 2 is 2.15 bits per heavy atom. The molecule has 1 spiro atoms. The van der Waals surface area contributed by atoms with Gasteiger partial charge in [0.25, 0.3) is 5.91 Å². The van der Waals surface area contributed by atoms with Gasteiger partial charge in [0.15, 0.2) is 0 Å². The van der Waals surface area contributed by atoms with Gasteiger partial charge >= 0.3 is 0 Å². The van der Waals surface area contributed by atoms with Crippen molar-refractivity contribution < 1.29 is 14.3 Å². The summed E-state index contributed by atoms with van der Waals surface area (Å²) in [6, 6.07) is 10.2. The molecule has 2 amide bonds. The van der Waals surface area contributed by atoms with E-state index in [1.807, 2.05) is 28.0 Å². The topological polar surface area (TPSA) is 49.9 Å². The Balaban J connectivity index is 1.65. The first-order chi connectivity index (χ1) is 12.7. The molecule has 0 aliphatic carbocycles. The van der Waals surface area contributed by atoms with Crippen molar-refractivity contribution in [2.75, 3.05) is 32.8 Å². The van der Waals surface area contributed by atoms with Crippen LogP contribution in [-0.4, -0.2) is 60.5 Å². The second-order valence-electron chi connectivity index (χ2n) is 7.63. The molecule has 1 aromatic carbocycles. The van der Waals surface area contributed by atoms with E-state index in [1.165, 1.54) is 0 Å². The minimum absolute atomic E-state index is 0.0383. The summed E-state index contributed by atoms with van der Waals surface area (Å²) in [7, 11) is 0. The van der Waals surface area contributed by atoms with Crippen molar-refractivity contribution in [3.63, 3.8) is 0 Å². The highest BCUT2D eigenvalue weighted by molar-refractivity contribution is 5.89. The van der Waals surface area contributed by atoms with Crippen molar-refractivity contribution >= 4 is 11.8 Å². The summed E-state index contributed by atoms with van der Waals surface area (Å²) >= 11 is 0. The van der Waals surface area contributed by atoms with Gasteiger partial charge in [0.1, 0.15) is 6.10 Å². The zero-order valence-corrected chi connectivity index (χ0v) is 15.1. The van der Waals surface area contributed by atoms with Crippen LogP contribution in [0.5, 0.6) is 0 Å². The minimum atomic E-state index is -0.515. The fraction of sp³-hybridized carbons (Fsp3) is 0.524. The van der Waals surface area contributed by atoms with Gasteiger partial charge in [-0.05, 0) is 24.8 Å². The molecule has 3 saturated heterocycles. The lowest BCUT2D eigenvalue weighted by Crippen LogP contribution is -2.42. The molecule has 0 unspecified atom stereocenters. The normalized spacial score (nSPS) is 31.2. The van der Waals surface area contributed by atoms with Gasteiger partial charge in [-0.2, -0.15) is 0 Å². The average Bonchev–Trinajstić information content (AvgIpc) is 3.39. The fourth-order valence-electron chi connectivity index (χ4n) is 4.82. The Kier molecular flexibility index (Phi) is 4.57. The molecule has 0 N–H and O–H groups in total. The van der Waals surface area contributed by atoms with E-state index in [0.29, 0.717) is 26.2 Å². The number of carbonyl (C=O) groups excluding carboxylic acids is 2. The van der Waals surface area contributed by atoms with Gasteiger partial charge in [0.2, 0.25) is 5.91 Å². The highest BCUT2D eigenvalue weighted by Gasteiger charge is 2.58. The Hall–Kier alpha value is -2.14. The van der Waals surface area contributed by atoms with E-state index >= 15 is 0 Å². The molecule has 3 aliphatic rings. The monoisotopic (exact) mass is 354 g/mol. The number of likely N-dealkylation sites (tertiary alicyclic amines) is 2. The molecule has 138 valence electrons. The SMILES string of the molecule is C=CCN1CC[C@@]2(CN(C(=O)[C@H]3CCCO3)C[C@H]2c2ccccc2)C1=O. The third kappa shape index (κ3) is 2.75. The first-order valence-corrected chi connectivity index (χ1v) is 9.51. The van der Waals surface area contributed by atoms with Crippen molar-refractivity contribution in [1.82, 2.24) is 9.80 Å². The second kappa shape index (κ2) is 6.88. The molecular formula is C21H26N2O3. The summed E-state index contributed by atoms with van der Waals surface area (Å²) < 4.78 is 5.61. The number of amides is 2. The van der Waals surface area contributed by atoms with Crippen LogP contribution in [0, 0.1) is 5.41 Å². The lowest BCUT2D eigenvalue weighted by Gasteiger charge is -2.28. The predicted octanol–water partition coefficient (Wildman–Crippen LogP) is 2.20. The number of hydrogen-bond acceptors (Lipinski definition) is 3. The van der Waals surface area contributed by atoms with Gasteiger partial charge in [-0.3, -0.25) is 9.59 Å². The van der Waals surface area contributed by atoms with Crippen LogP contribution in [0.4, 0.5) is 0 Å². The number of carbonyl (C=O) groups is 2. The van der Waals surface area contributed by atoms with Crippen LogP contribution in [0.3, 0.4) is 0 Å². The van der Waals surface area contributed by atoms with E-state index in [-0.39, 0.29) is 23.8 Å². The van der Waals surface area contributed by atoms with Crippen molar-refractivity contribution in [2.24, 2.45) is 5.41 Å². The van der Waals surface area contributed by atoms with Gasteiger partial charge < -0.3 is 14.5 Å². The highest BCUT2D eigenvalue weighted by atomic mass is 16.5. The zero-order chi connectivity index (χ0) is 18.1. The van der Waals surface area contributed by atoms with E-state index in [1.54, 1.807) is 6.08 Å². The number of benzene rings is 1. The third-order valence-corrected chi connectivity index (χ3v) is 6.15. The summed E-state index contributed by atoms with van der Waals surface area (Å²) in [4.78, 5) is 30.0. The molecule has 3 aliphatic heterocycles. The summed E-state index contributed by atoms with van der Waals surface area (Å²) in [5, 5.41) is 0. The van der Waals surface area contributed by atoms with Gasteiger partial charge in [0.05, 0.1) is 5.41 Å². The summed E-state index contributed by atoms with van der Waals surface area (Å²) in [6.45, 7) is 6.82. The van der Waals surface area contributed by atoms with Crippen LogP contribution < -0.4 is 0 Å². The predicted molar refractivity (Wildman–Crippen MR) is 98.6 cm³/mol. The first kappa shape index (κ1) is 17.3. The molecule has 26 heavy (non-hydrogen) atoms. The van der Waals surface area contributed by atoms with E-state index in [9.17, 15) is 9.59 Å². The maximum atomic E-state index is 13.3. The molecule has 3 atom stereocenters. The van der Waals surface area contributed by atoms with Crippen LogP contribution in [0.1, 0.15) is 30.7 Å². The van der Waals surface area contributed by atoms with Crippen LogP contribution in [0.2, 0.25) is 0 Å². The zero-order valence-electron chi connectivity index (χ0n) is 15.1. The smallest absolute Gasteiger partial charge is 0.251 e. The summed E-state index contributed by atoms with van der Waals surface area (Å²) in [5.41, 5.74) is 0.627. The van der Waals surface area contributed by atoms with E-state index in [0.717, 1.165) is 31.4 Å². The number of rotatable bonds is 4. The molecule has 3 heterocycles. The van der Waals surface area contributed by atoms with Gasteiger partial charge in [0, 0.05) is 38.7 Å². The van der Waals surface area contributed by atoms with Gasteiger partial charge in [-0.25, -0.2) is 0 Å². The molecule has 0 aromatic heterocycles. The molecule has 0 saturated carbocycles. The van der Waals surface area contributed by atoms with Gasteiger partial charge in [-0.1, -0.05) is 36.4 Å². The highest BCUT2D eigenvalue weighted by Crippen LogP contribution is 2.50. The molecular weight excluding hydrogens is 328 g/mol. The largest absolute Gasteiger partial charge is 0.368 e. The van der Waals surface area contributed by atoms with E-state index in [4.69, 9.17) is 4.74 Å². The molecule has 0 radical (unpaired) electrons. The molecule has 3 fully saturated rings. The lowest BCUT2D eigenvalue weighted by atomic mass is 9.73. The van der Waals surface area contributed by atoms with Crippen LogP contribution in [-0.2, 0) is 14.3 Å². The van der Waals surface area contributed by atoms with Crippen molar-refractivity contribution in [1.29, 1.82) is 0 Å². The maximum absolute atomic E-state index is 13.3. The standard InChI is InChI=1S/C21H26N2O3/c1-2-11-22-12-10-21(20(22)25)15-23(19(24)18-9-6-13-26-18)14-17(21)16-7-4-3-5-8-16/h2-5,7-8,17-18H,1,6,9-15H2/t17-,18+,21-/m0/s1. The fourth-order valence-corrected chi connectivity index (χ4v) is 4.82. The Labute approximate surface area is 154 Å². The van der Waals surface area contributed by atoms with Gasteiger partial charge in [-0.15, -0.1) is 6.58 Å². The Morgan fingerprint density at radius 3 is 2.85 bits per heavy atom. The molecule has 0 bridgehead atoms. The van der Waals surface area contributed by atoms with E-state index in [2.05, 4.69) is 18.7 Å². The first-order valence-electron chi connectivity index (χ1n) is 9.51. The third-order valence-electron chi connectivity index (χ3n) is 6.15. The average molecular weight is 354 g/mol. The molecule has 4 rings (SSSR count). The Morgan fingerprint density at radius 1 is 1.35 bits per heavy atom. The minimum Gasteiger partial charge on any atom is -0.368 e. The molecule has 5 heteroatoms. The van der Waals surface area contributed by atoms with Crippen LogP contribution >= 0.6 is 0 Å². The van der Waals surface area contributed by atoms with E-state index < -0.39 is 5.41 Å². The number of ether oxygens (including phenoxy) is 1. The molecule has 1 aromatic rings. The lowest BCUT2D eigenvalue weighted by molar-refractivity contribution is -0.141. The summed E-state index contributed by atoms with van der Waals surface area (Å²) in [5.74, 6) is 0.250. The number of hydrogen-bond donors (Lipinski definition) is 0. The van der Waals surface area contributed by atoms with Crippen molar-refractivity contribution in [2.45, 2.75) is 31.3 Å². The quantitative estimate of drug-likeness (QED) is 0.779. The van der Waals surface area contributed by atoms with Crippen molar-refractivity contribution in [3.8, 4) is 0 Å². The Bertz CT molecular complexity index is 698. The number of nitrogens with zero attached hydrogens (tertiary/aromatic N) is 2. The van der Waals surface area contributed by atoms with Crippen LogP contribution in [0.15, 0.2) is 43.0 Å². The molecule has 5 nitrogen and oxygen atoms in total. The van der Waals surface area contributed by atoms with Crippen molar-refractivity contribution in [3.05, 3.63) is 48.6 Å². The van der Waals surface area contributed by atoms with Crippen LogP contribution in [0.25, 0.3) is 0 Å². The second-order valence-corrected chi connectivity index (χ2v) is 7.63.